The van der Waals surface area contributed by atoms with Gasteiger partial charge in [0.15, 0.2) is 0 Å². The first kappa shape index (κ1) is 16.9. The lowest BCUT2D eigenvalue weighted by Crippen LogP contribution is -2.24. The van der Waals surface area contributed by atoms with E-state index in [2.05, 4.69) is 0 Å². The number of carboxylic acids is 1. The van der Waals surface area contributed by atoms with Gasteiger partial charge in [-0.25, -0.2) is 9.59 Å². The number of nitrogens with zero attached hydrogens (tertiary/aromatic N) is 1. The largest absolute Gasteiger partial charge is 0.477 e. The number of anilines is 1. The number of H-pyrrole nitrogens is 2. The van der Waals surface area contributed by atoms with Gasteiger partial charge in [0, 0.05) is 23.1 Å². The van der Waals surface area contributed by atoms with Crippen LogP contribution in [0.15, 0.2) is 15.7 Å². The molecule has 0 unspecified atom stereocenters. The highest BCUT2D eigenvalue weighted by atomic mass is 16.4. The molecule has 0 fully saturated rings. The quantitative estimate of drug-likeness (QED) is 0.602. The number of fused-ring (bicyclic) bond motifs is 2. The predicted molar refractivity (Wildman–Crippen MR) is 92.0 cm³/mol. The molecule has 2 aromatic rings. The Labute approximate surface area is 143 Å². The second kappa shape index (κ2) is 6.92. The zero-order chi connectivity index (χ0) is 18.0. The minimum absolute atomic E-state index is 0.418. The van der Waals surface area contributed by atoms with Gasteiger partial charge in [-0.05, 0) is 56.1 Å². The topological polar surface area (TPSA) is 142 Å². The number of carboxylic acid groups (broad SMARTS) is 1. The van der Waals surface area contributed by atoms with Crippen molar-refractivity contribution >= 4 is 11.7 Å². The summed E-state index contributed by atoms with van der Waals surface area (Å²) in [5.41, 5.74) is 10.7. The van der Waals surface area contributed by atoms with Gasteiger partial charge < -0.3 is 15.8 Å². The van der Waals surface area contributed by atoms with E-state index in [1.165, 1.54) is 41.8 Å². The molecule has 2 aromatic heterocycles. The van der Waals surface area contributed by atoms with Crippen molar-refractivity contribution in [3.05, 3.63) is 55.1 Å². The number of aromatic amines is 2. The molecule has 0 saturated carbocycles. The second-order valence-corrected chi connectivity index (χ2v) is 6.24. The molecule has 0 saturated heterocycles. The molecule has 0 spiro atoms. The molecule has 0 atom stereocenters. The lowest BCUT2D eigenvalue weighted by Gasteiger charge is -2.19. The maximum Gasteiger partial charge on any atom is 0.352 e. The van der Waals surface area contributed by atoms with Gasteiger partial charge in [0.25, 0.3) is 5.56 Å². The van der Waals surface area contributed by atoms with Crippen LogP contribution in [0.5, 0.6) is 0 Å². The van der Waals surface area contributed by atoms with Crippen molar-refractivity contribution in [3.63, 3.8) is 0 Å². The number of rotatable bonds is 1. The van der Waals surface area contributed by atoms with Crippen molar-refractivity contribution in [2.75, 3.05) is 5.73 Å². The lowest BCUT2D eigenvalue weighted by molar-refractivity contribution is 0.0689. The van der Waals surface area contributed by atoms with E-state index < -0.39 is 22.9 Å². The van der Waals surface area contributed by atoms with Crippen molar-refractivity contribution in [2.45, 2.75) is 44.9 Å². The zero-order valence-electron chi connectivity index (χ0n) is 13.7. The zero-order valence-corrected chi connectivity index (χ0v) is 13.7. The van der Waals surface area contributed by atoms with Crippen LogP contribution in [-0.4, -0.2) is 26.0 Å². The number of aryl methyl sites for hydroxylation is 2. The smallest absolute Gasteiger partial charge is 0.352 e. The molecule has 8 nitrogen and oxygen atoms in total. The summed E-state index contributed by atoms with van der Waals surface area (Å²) in [5.74, 6) is -1.34. The molecule has 0 bridgehead atoms. The van der Waals surface area contributed by atoms with Crippen LogP contribution in [0.1, 0.15) is 52.3 Å². The summed E-state index contributed by atoms with van der Waals surface area (Å²) >= 11 is 0. The standard InChI is InChI=1S/C12H16N2.C5H4N2O4/c13-12-8-4-1-2-6-10(8)14-11-7-3-5-9(11)12;8-3-1-2(4(9)10)6-5(11)7-3/h1-7H2,(H2,13,14);1H,(H,9,10)(H2,6,7,8,11). The van der Waals surface area contributed by atoms with E-state index in [9.17, 15) is 14.4 Å². The van der Waals surface area contributed by atoms with Gasteiger partial charge in [-0.3, -0.25) is 14.8 Å². The van der Waals surface area contributed by atoms with Crippen molar-refractivity contribution in [1.82, 2.24) is 15.0 Å². The molecule has 2 heterocycles. The van der Waals surface area contributed by atoms with Crippen molar-refractivity contribution in [2.24, 2.45) is 0 Å². The number of nitrogens with one attached hydrogen (secondary N) is 2. The molecule has 0 amide bonds. The van der Waals surface area contributed by atoms with E-state index in [-0.39, 0.29) is 0 Å². The molecule has 5 N–H and O–H groups in total. The predicted octanol–water partition coefficient (Wildman–Crippen LogP) is 0.793. The highest BCUT2D eigenvalue weighted by molar-refractivity contribution is 5.84. The Morgan fingerprint density at radius 2 is 1.60 bits per heavy atom. The Balaban J connectivity index is 0.000000151. The second-order valence-electron chi connectivity index (χ2n) is 6.24. The Kier molecular flexibility index (Phi) is 4.69. The van der Waals surface area contributed by atoms with Crippen LogP contribution in [0.3, 0.4) is 0 Å². The molecule has 8 heteroatoms. The maximum atomic E-state index is 10.5. The van der Waals surface area contributed by atoms with E-state index >= 15 is 0 Å². The SMILES string of the molecule is Nc1c2c(nc3c1CCC3)CCCC2.O=C(O)c1cc(=O)[nH]c(=O)[nH]1. The fourth-order valence-electron chi connectivity index (χ4n) is 3.37. The fourth-order valence-corrected chi connectivity index (χ4v) is 3.37. The summed E-state index contributed by atoms with van der Waals surface area (Å²) in [6.45, 7) is 0. The number of pyridine rings is 1. The van der Waals surface area contributed by atoms with E-state index in [0.717, 1.165) is 37.4 Å². The highest BCUT2D eigenvalue weighted by Crippen LogP contribution is 2.33. The van der Waals surface area contributed by atoms with Crippen molar-refractivity contribution in [3.8, 4) is 0 Å². The average Bonchev–Trinajstić information content (AvgIpc) is 3.03. The van der Waals surface area contributed by atoms with Crippen LogP contribution >= 0.6 is 0 Å². The highest BCUT2D eigenvalue weighted by Gasteiger charge is 2.22. The van der Waals surface area contributed by atoms with E-state index in [0.29, 0.717) is 0 Å². The molecule has 25 heavy (non-hydrogen) atoms. The monoisotopic (exact) mass is 344 g/mol. The lowest BCUT2D eigenvalue weighted by atomic mass is 9.92. The first-order chi connectivity index (χ1) is 12.0. The molecular weight excluding hydrogens is 324 g/mol. The van der Waals surface area contributed by atoms with Crippen molar-refractivity contribution < 1.29 is 9.90 Å². The van der Waals surface area contributed by atoms with Crippen LogP contribution < -0.4 is 17.0 Å². The summed E-state index contributed by atoms with van der Waals surface area (Å²) in [6.07, 6.45) is 8.42. The molecular formula is C17H20N4O4. The van der Waals surface area contributed by atoms with E-state index in [4.69, 9.17) is 15.8 Å². The van der Waals surface area contributed by atoms with Crippen LogP contribution in [0.25, 0.3) is 0 Å². The Bertz CT molecular complexity index is 901. The van der Waals surface area contributed by atoms with Crippen LogP contribution in [0.4, 0.5) is 5.69 Å². The third-order valence-corrected chi connectivity index (χ3v) is 4.54. The summed E-state index contributed by atoms with van der Waals surface area (Å²) in [4.78, 5) is 39.6. The van der Waals surface area contributed by atoms with Gasteiger partial charge in [0.05, 0.1) is 0 Å². The summed E-state index contributed by atoms with van der Waals surface area (Å²) < 4.78 is 0. The fraction of sp³-hybridized carbons (Fsp3) is 0.412. The molecule has 4 rings (SSSR count). The van der Waals surface area contributed by atoms with Gasteiger partial charge in [0.1, 0.15) is 5.69 Å². The van der Waals surface area contributed by atoms with Gasteiger partial charge in [-0.1, -0.05) is 0 Å². The minimum Gasteiger partial charge on any atom is -0.477 e. The Hall–Kier alpha value is -2.90. The third-order valence-electron chi connectivity index (χ3n) is 4.54. The molecule has 2 aliphatic carbocycles. The van der Waals surface area contributed by atoms with E-state index in [1.54, 1.807) is 0 Å². The minimum atomic E-state index is -1.34. The molecule has 132 valence electrons. The normalized spacial score (nSPS) is 14.9. The first-order valence-electron chi connectivity index (χ1n) is 8.31. The Morgan fingerprint density at radius 3 is 2.24 bits per heavy atom. The number of hydrogen-bond donors (Lipinski definition) is 4. The van der Waals surface area contributed by atoms with Crippen LogP contribution in [-0.2, 0) is 25.7 Å². The summed E-state index contributed by atoms with van der Waals surface area (Å²) in [5, 5.41) is 8.31. The first-order valence-corrected chi connectivity index (χ1v) is 8.31. The van der Waals surface area contributed by atoms with Gasteiger partial charge >= 0.3 is 11.7 Å². The van der Waals surface area contributed by atoms with E-state index in [1.807, 2.05) is 9.97 Å². The average molecular weight is 344 g/mol. The van der Waals surface area contributed by atoms with Crippen LogP contribution in [0.2, 0.25) is 0 Å². The third kappa shape index (κ3) is 3.62. The number of hydrogen-bond acceptors (Lipinski definition) is 5. The number of nitrogen functional groups attached to an aromatic ring is 1. The molecule has 0 radical (unpaired) electrons. The molecule has 2 aliphatic rings. The number of nitrogens with two attached hydrogens (primary N) is 1. The molecule has 0 aromatic carbocycles. The molecule has 0 aliphatic heterocycles. The maximum absolute atomic E-state index is 10.5. The van der Waals surface area contributed by atoms with Crippen molar-refractivity contribution in [1.29, 1.82) is 0 Å². The number of aromatic nitrogens is 3. The summed E-state index contributed by atoms with van der Waals surface area (Å²) in [7, 11) is 0. The van der Waals surface area contributed by atoms with Gasteiger partial charge in [0.2, 0.25) is 0 Å². The Morgan fingerprint density at radius 1 is 1.00 bits per heavy atom. The number of aromatic carboxylic acids is 1. The summed E-state index contributed by atoms with van der Waals surface area (Å²) in [6, 6.07) is 0.795. The number of carbonyl (C=O) groups is 1. The van der Waals surface area contributed by atoms with Crippen LogP contribution in [0, 0.1) is 0 Å². The van der Waals surface area contributed by atoms with Gasteiger partial charge in [-0.2, -0.15) is 0 Å². The van der Waals surface area contributed by atoms with Gasteiger partial charge in [-0.15, -0.1) is 0 Å².